The van der Waals surface area contributed by atoms with Gasteiger partial charge in [-0.05, 0) is 39.5 Å². The predicted molar refractivity (Wildman–Crippen MR) is 106 cm³/mol. The maximum Gasteiger partial charge on any atom is 0.410 e. The van der Waals surface area contributed by atoms with Gasteiger partial charge < -0.3 is 20.3 Å². The van der Waals surface area contributed by atoms with Crippen LogP contribution in [0.15, 0.2) is 4.99 Å². The fraction of sp³-hybridized carbons (Fsp3) is 0.875. The van der Waals surface area contributed by atoms with E-state index in [1.165, 1.54) is 6.42 Å². The molecule has 0 spiro atoms. The lowest BCUT2D eigenvalue weighted by Gasteiger charge is -2.27. The predicted octanol–water partition coefficient (Wildman–Crippen LogP) is 2.82. The zero-order valence-electron chi connectivity index (χ0n) is 15.3. The number of halogens is 1. The van der Waals surface area contributed by atoms with Crippen LogP contribution in [0, 0.1) is 5.92 Å². The molecule has 0 bridgehead atoms. The Labute approximate surface area is 157 Å². The first kappa shape index (κ1) is 22.3. The second-order valence-electron chi connectivity index (χ2n) is 6.93. The van der Waals surface area contributed by atoms with Crippen molar-refractivity contribution < 1.29 is 9.53 Å². The van der Waals surface area contributed by atoms with Crippen molar-refractivity contribution in [1.29, 1.82) is 0 Å². The number of ether oxygens (including phenoxy) is 1. The van der Waals surface area contributed by atoms with Gasteiger partial charge in [-0.3, -0.25) is 4.99 Å². The van der Waals surface area contributed by atoms with Crippen LogP contribution in [0.2, 0.25) is 0 Å². The van der Waals surface area contributed by atoms with E-state index in [4.69, 9.17) is 4.74 Å². The van der Waals surface area contributed by atoms with E-state index in [9.17, 15) is 4.79 Å². The Balaban J connectivity index is 0.00000484. The molecule has 136 valence electrons. The van der Waals surface area contributed by atoms with Gasteiger partial charge in [0.15, 0.2) is 5.96 Å². The molecule has 1 aliphatic carbocycles. The van der Waals surface area contributed by atoms with Crippen LogP contribution < -0.4 is 10.6 Å². The van der Waals surface area contributed by atoms with Gasteiger partial charge in [-0.15, -0.1) is 24.0 Å². The maximum atomic E-state index is 12.2. The minimum absolute atomic E-state index is 0. The highest BCUT2D eigenvalue weighted by Crippen LogP contribution is 2.28. The number of nitrogens with zero attached hydrogens (tertiary/aromatic N) is 2. The molecule has 0 aromatic heterocycles. The van der Waals surface area contributed by atoms with Crippen LogP contribution in [0.4, 0.5) is 4.79 Å². The Morgan fingerprint density at radius 3 is 2.39 bits per heavy atom. The highest BCUT2D eigenvalue weighted by Gasteiger charge is 2.33. The molecule has 0 aromatic rings. The Morgan fingerprint density at radius 2 is 1.96 bits per heavy atom. The number of carbonyl (C=O) groups excluding carboxylic acids is 1. The number of hydrogen-bond acceptors (Lipinski definition) is 3. The lowest BCUT2D eigenvalue weighted by atomic mass is 10.2. The highest BCUT2D eigenvalue weighted by atomic mass is 127. The van der Waals surface area contributed by atoms with Crippen LogP contribution in [0.1, 0.15) is 47.5 Å². The van der Waals surface area contributed by atoms with Crippen LogP contribution >= 0.6 is 24.0 Å². The molecule has 1 saturated carbocycles. The molecule has 1 rings (SSSR count). The normalized spacial score (nSPS) is 20.3. The van der Waals surface area contributed by atoms with Crippen LogP contribution in [-0.2, 0) is 4.74 Å². The van der Waals surface area contributed by atoms with Gasteiger partial charge >= 0.3 is 6.09 Å². The smallest absolute Gasteiger partial charge is 0.410 e. The summed E-state index contributed by atoms with van der Waals surface area (Å²) in [5, 5.41) is 6.63. The minimum atomic E-state index is -0.462. The van der Waals surface area contributed by atoms with Crippen molar-refractivity contribution in [3.8, 4) is 0 Å². The quantitative estimate of drug-likeness (QED) is 0.379. The van der Waals surface area contributed by atoms with Gasteiger partial charge in [-0.25, -0.2) is 4.79 Å². The zero-order valence-corrected chi connectivity index (χ0v) is 17.6. The summed E-state index contributed by atoms with van der Waals surface area (Å²) in [5.74, 6) is 1.52. The van der Waals surface area contributed by atoms with E-state index < -0.39 is 5.60 Å². The number of amides is 1. The van der Waals surface area contributed by atoms with Gasteiger partial charge in [0.05, 0.1) is 0 Å². The molecule has 1 amide bonds. The lowest BCUT2D eigenvalue weighted by molar-refractivity contribution is 0.0253. The number of rotatable bonds is 6. The molecule has 1 fully saturated rings. The van der Waals surface area contributed by atoms with E-state index in [-0.39, 0.29) is 30.1 Å². The molecule has 6 nitrogen and oxygen atoms in total. The van der Waals surface area contributed by atoms with Gasteiger partial charge in [0.25, 0.3) is 0 Å². The zero-order chi connectivity index (χ0) is 16.8. The summed E-state index contributed by atoms with van der Waals surface area (Å²) in [5.41, 5.74) is -0.462. The Morgan fingerprint density at radius 1 is 1.35 bits per heavy atom. The first-order chi connectivity index (χ1) is 10.3. The molecule has 2 unspecified atom stereocenters. The molecule has 7 heteroatoms. The van der Waals surface area contributed by atoms with E-state index in [0.29, 0.717) is 25.7 Å². The molecule has 23 heavy (non-hydrogen) atoms. The molecule has 0 heterocycles. The molecule has 2 atom stereocenters. The summed E-state index contributed by atoms with van der Waals surface area (Å²) in [6.45, 7) is 11.9. The van der Waals surface area contributed by atoms with E-state index in [2.05, 4.69) is 29.5 Å². The number of guanidine groups is 1. The van der Waals surface area contributed by atoms with Crippen molar-refractivity contribution in [2.45, 2.75) is 59.1 Å². The van der Waals surface area contributed by atoms with Gasteiger partial charge in [-0.1, -0.05) is 13.8 Å². The van der Waals surface area contributed by atoms with Crippen molar-refractivity contribution in [3.63, 3.8) is 0 Å². The van der Waals surface area contributed by atoms with E-state index in [1.807, 2.05) is 20.8 Å². The summed E-state index contributed by atoms with van der Waals surface area (Å²) in [6, 6.07) is 0.531. The van der Waals surface area contributed by atoms with Crippen molar-refractivity contribution in [3.05, 3.63) is 0 Å². The Hall–Kier alpha value is -0.730. The highest BCUT2D eigenvalue weighted by molar-refractivity contribution is 14.0. The molecular formula is C16H33IN4O2. The fourth-order valence-corrected chi connectivity index (χ4v) is 2.09. The molecule has 2 N–H and O–H groups in total. The topological polar surface area (TPSA) is 66.0 Å². The second kappa shape index (κ2) is 10.2. The van der Waals surface area contributed by atoms with Crippen LogP contribution in [0.5, 0.6) is 0 Å². The van der Waals surface area contributed by atoms with E-state index in [0.717, 1.165) is 18.3 Å². The third-order valence-electron chi connectivity index (χ3n) is 3.47. The van der Waals surface area contributed by atoms with Gasteiger partial charge in [0.2, 0.25) is 0 Å². The fourth-order valence-electron chi connectivity index (χ4n) is 2.09. The average Bonchev–Trinajstić information content (AvgIpc) is 3.09. The molecule has 0 aliphatic heterocycles. The monoisotopic (exact) mass is 440 g/mol. The molecule has 0 saturated heterocycles. The first-order valence-corrected chi connectivity index (χ1v) is 8.22. The minimum Gasteiger partial charge on any atom is -0.444 e. The molecular weight excluding hydrogens is 407 g/mol. The summed E-state index contributed by atoms with van der Waals surface area (Å²) < 4.78 is 5.44. The number of carbonyl (C=O) groups is 1. The standard InChI is InChI=1S/C16H32N4O2.HI/c1-7-9-20(15(21)22-16(3,4)5)10-8-18-14(17-6)19-13-11-12(13)2;/h12-13H,7-11H2,1-6H3,(H2,17,18,19);1H. The number of nitrogens with one attached hydrogen (secondary N) is 2. The summed E-state index contributed by atoms with van der Waals surface area (Å²) in [6.07, 6.45) is 1.85. The van der Waals surface area contributed by atoms with Crippen molar-refractivity contribution >= 4 is 36.0 Å². The third kappa shape index (κ3) is 9.22. The second-order valence-corrected chi connectivity index (χ2v) is 6.93. The summed E-state index contributed by atoms with van der Waals surface area (Å²) in [7, 11) is 1.76. The summed E-state index contributed by atoms with van der Waals surface area (Å²) in [4.78, 5) is 18.1. The van der Waals surface area contributed by atoms with Gasteiger partial charge in [0, 0.05) is 32.7 Å². The van der Waals surface area contributed by atoms with Crippen molar-refractivity contribution in [2.75, 3.05) is 26.7 Å². The average molecular weight is 440 g/mol. The first-order valence-electron chi connectivity index (χ1n) is 8.22. The largest absolute Gasteiger partial charge is 0.444 e. The maximum absolute atomic E-state index is 12.2. The lowest BCUT2D eigenvalue weighted by Crippen LogP contribution is -2.45. The van der Waals surface area contributed by atoms with E-state index >= 15 is 0 Å². The molecule has 0 radical (unpaired) electrons. The third-order valence-corrected chi connectivity index (χ3v) is 3.47. The summed E-state index contributed by atoms with van der Waals surface area (Å²) >= 11 is 0. The van der Waals surface area contributed by atoms with Crippen LogP contribution in [0.3, 0.4) is 0 Å². The van der Waals surface area contributed by atoms with Gasteiger partial charge in [-0.2, -0.15) is 0 Å². The van der Waals surface area contributed by atoms with Crippen LogP contribution in [0.25, 0.3) is 0 Å². The van der Waals surface area contributed by atoms with Crippen molar-refractivity contribution in [2.24, 2.45) is 10.9 Å². The van der Waals surface area contributed by atoms with Gasteiger partial charge in [0.1, 0.15) is 5.60 Å². The Bertz CT molecular complexity index is 396. The van der Waals surface area contributed by atoms with Crippen molar-refractivity contribution in [1.82, 2.24) is 15.5 Å². The number of hydrogen-bond donors (Lipinski definition) is 2. The number of aliphatic imine (C=N–C) groups is 1. The Kier molecular flexibility index (Phi) is 9.88. The SMILES string of the molecule is CCCN(CCNC(=NC)NC1CC1C)C(=O)OC(C)(C)C.I. The van der Waals surface area contributed by atoms with E-state index in [1.54, 1.807) is 11.9 Å². The van der Waals surface area contributed by atoms with Crippen LogP contribution in [-0.4, -0.2) is 55.3 Å². The molecule has 1 aliphatic rings. The molecule has 0 aromatic carbocycles.